The van der Waals surface area contributed by atoms with Gasteiger partial charge in [0, 0.05) is 11.6 Å². The molecule has 1 aromatic carbocycles. The number of carbonyl (C=O) groups is 1. The number of amides is 1. The molecule has 1 aromatic rings. The fraction of sp³-hybridized carbons (Fsp3) is 0.400. The summed E-state index contributed by atoms with van der Waals surface area (Å²) in [6.07, 6.45) is 5.63. The maximum atomic E-state index is 11.8. The van der Waals surface area contributed by atoms with Crippen LogP contribution in [0.5, 0.6) is 5.75 Å². The van der Waals surface area contributed by atoms with Crippen LogP contribution in [0.1, 0.15) is 30.4 Å². The number of hydrogen-bond donors (Lipinski definition) is 1. The van der Waals surface area contributed by atoms with Crippen LogP contribution >= 0.6 is 0 Å². The van der Waals surface area contributed by atoms with Crippen molar-refractivity contribution >= 4 is 12.0 Å². The molecule has 1 N–H and O–H groups in total. The molecule has 0 aliphatic heterocycles. The lowest BCUT2D eigenvalue weighted by Gasteiger charge is -2.26. The first kappa shape index (κ1) is 12.7. The van der Waals surface area contributed by atoms with Crippen LogP contribution in [0.2, 0.25) is 0 Å². The Bertz CT molecular complexity index is 450. The largest absolute Gasteiger partial charge is 0.496 e. The zero-order valence-electron chi connectivity index (χ0n) is 10.7. The van der Waals surface area contributed by atoms with Gasteiger partial charge < -0.3 is 10.1 Å². The molecule has 2 rings (SSSR count). The molecule has 0 aromatic heterocycles. The minimum absolute atomic E-state index is 0.0971. The predicted molar refractivity (Wildman–Crippen MR) is 72.6 cm³/mol. The van der Waals surface area contributed by atoms with Crippen LogP contribution in [0.15, 0.2) is 24.8 Å². The van der Waals surface area contributed by atoms with E-state index in [4.69, 9.17) is 4.74 Å². The minimum atomic E-state index is 0.0971. The Morgan fingerprint density at radius 3 is 2.89 bits per heavy atom. The lowest BCUT2D eigenvalue weighted by Crippen LogP contribution is -2.40. The second kappa shape index (κ2) is 5.71. The Balaban J connectivity index is 1.99. The van der Waals surface area contributed by atoms with Gasteiger partial charge in [-0.2, -0.15) is 0 Å². The molecular weight excluding hydrogens is 226 g/mol. The number of ether oxygens (including phenoxy) is 1. The summed E-state index contributed by atoms with van der Waals surface area (Å²) in [5.41, 5.74) is 1.91. The third-order valence-corrected chi connectivity index (χ3v) is 3.35. The van der Waals surface area contributed by atoms with Crippen molar-refractivity contribution in [3.05, 3.63) is 35.9 Å². The van der Waals surface area contributed by atoms with E-state index < -0.39 is 0 Å². The maximum Gasteiger partial charge on any atom is 0.224 e. The van der Waals surface area contributed by atoms with E-state index >= 15 is 0 Å². The van der Waals surface area contributed by atoms with Crippen LogP contribution in [0.4, 0.5) is 0 Å². The molecule has 0 radical (unpaired) electrons. The highest BCUT2D eigenvalue weighted by Crippen LogP contribution is 2.22. The SMILES string of the molecule is C=Cc1cc(CC(=O)NC2CCC2)ccc1OC. The normalized spacial score (nSPS) is 14.7. The van der Waals surface area contributed by atoms with E-state index in [-0.39, 0.29) is 5.91 Å². The third-order valence-electron chi connectivity index (χ3n) is 3.35. The number of nitrogens with one attached hydrogen (secondary N) is 1. The molecule has 1 amide bonds. The van der Waals surface area contributed by atoms with E-state index in [0.29, 0.717) is 12.5 Å². The van der Waals surface area contributed by atoms with Gasteiger partial charge in [-0.15, -0.1) is 0 Å². The van der Waals surface area contributed by atoms with Gasteiger partial charge in [-0.1, -0.05) is 18.7 Å². The summed E-state index contributed by atoms with van der Waals surface area (Å²) >= 11 is 0. The monoisotopic (exact) mass is 245 g/mol. The van der Waals surface area contributed by atoms with E-state index in [1.165, 1.54) is 6.42 Å². The van der Waals surface area contributed by atoms with E-state index in [0.717, 1.165) is 29.7 Å². The quantitative estimate of drug-likeness (QED) is 0.865. The molecule has 1 saturated carbocycles. The lowest BCUT2D eigenvalue weighted by molar-refractivity contribution is -0.121. The zero-order valence-corrected chi connectivity index (χ0v) is 10.7. The van der Waals surface area contributed by atoms with Gasteiger partial charge in [0.25, 0.3) is 0 Å². The summed E-state index contributed by atoms with van der Waals surface area (Å²) in [6, 6.07) is 6.15. The molecule has 18 heavy (non-hydrogen) atoms. The van der Waals surface area contributed by atoms with Gasteiger partial charge in [0.15, 0.2) is 0 Å². The fourth-order valence-electron chi connectivity index (χ4n) is 2.07. The van der Waals surface area contributed by atoms with Gasteiger partial charge in [0.05, 0.1) is 13.5 Å². The molecule has 1 fully saturated rings. The molecule has 1 aliphatic carbocycles. The summed E-state index contributed by atoms with van der Waals surface area (Å²) in [6.45, 7) is 3.75. The molecular formula is C15H19NO2. The Morgan fingerprint density at radius 1 is 1.56 bits per heavy atom. The van der Waals surface area contributed by atoms with Crippen molar-refractivity contribution < 1.29 is 9.53 Å². The first-order valence-electron chi connectivity index (χ1n) is 6.31. The van der Waals surface area contributed by atoms with Gasteiger partial charge >= 0.3 is 0 Å². The molecule has 0 spiro atoms. The first-order valence-corrected chi connectivity index (χ1v) is 6.31. The van der Waals surface area contributed by atoms with E-state index in [9.17, 15) is 4.79 Å². The molecule has 0 unspecified atom stereocenters. The second-order valence-corrected chi connectivity index (χ2v) is 4.65. The highest BCUT2D eigenvalue weighted by atomic mass is 16.5. The number of carbonyl (C=O) groups excluding carboxylic acids is 1. The zero-order chi connectivity index (χ0) is 13.0. The molecule has 0 bridgehead atoms. The maximum absolute atomic E-state index is 11.8. The van der Waals surface area contributed by atoms with Crippen molar-refractivity contribution in [2.75, 3.05) is 7.11 Å². The van der Waals surface area contributed by atoms with Crippen molar-refractivity contribution in [2.24, 2.45) is 0 Å². The molecule has 3 nitrogen and oxygen atoms in total. The third kappa shape index (κ3) is 2.92. The summed E-state index contributed by atoms with van der Waals surface area (Å²) < 4.78 is 5.22. The molecule has 1 aliphatic rings. The van der Waals surface area contributed by atoms with Crippen LogP contribution in [0.25, 0.3) is 6.08 Å². The summed E-state index contributed by atoms with van der Waals surface area (Å²) in [7, 11) is 1.63. The Labute approximate surface area is 108 Å². The van der Waals surface area contributed by atoms with Crippen LogP contribution in [-0.4, -0.2) is 19.1 Å². The number of hydrogen-bond acceptors (Lipinski definition) is 2. The van der Waals surface area contributed by atoms with Gasteiger partial charge in [-0.05, 0) is 37.0 Å². The highest BCUT2D eigenvalue weighted by molar-refractivity contribution is 5.79. The van der Waals surface area contributed by atoms with Crippen LogP contribution in [0, 0.1) is 0 Å². The average molecular weight is 245 g/mol. The van der Waals surface area contributed by atoms with Gasteiger partial charge in [0.1, 0.15) is 5.75 Å². The standard InChI is InChI=1S/C15H19NO2/c1-3-12-9-11(7-8-14(12)18-2)10-15(17)16-13-5-4-6-13/h3,7-9,13H,1,4-6,10H2,2H3,(H,16,17). The molecule has 96 valence electrons. The van der Waals surface area contributed by atoms with Gasteiger partial charge in [-0.25, -0.2) is 0 Å². The smallest absolute Gasteiger partial charge is 0.224 e. The molecule has 0 atom stereocenters. The predicted octanol–water partition coefficient (Wildman–Crippen LogP) is 2.55. The summed E-state index contributed by atoms with van der Waals surface area (Å²) in [5, 5.41) is 3.03. The summed E-state index contributed by atoms with van der Waals surface area (Å²) in [5.74, 6) is 0.882. The van der Waals surface area contributed by atoms with Crippen LogP contribution < -0.4 is 10.1 Å². The topological polar surface area (TPSA) is 38.3 Å². The van der Waals surface area contributed by atoms with Gasteiger partial charge in [0.2, 0.25) is 5.91 Å². The molecule has 0 saturated heterocycles. The summed E-state index contributed by atoms with van der Waals surface area (Å²) in [4.78, 5) is 11.8. The van der Waals surface area contributed by atoms with Crippen molar-refractivity contribution in [3.63, 3.8) is 0 Å². The van der Waals surface area contributed by atoms with E-state index in [1.54, 1.807) is 13.2 Å². The average Bonchev–Trinajstić information content (AvgIpc) is 2.33. The van der Waals surface area contributed by atoms with Crippen LogP contribution in [-0.2, 0) is 11.2 Å². The Kier molecular flexibility index (Phi) is 4.03. The fourth-order valence-corrected chi connectivity index (χ4v) is 2.07. The van der Waals surface area contributed by atoms with Crippen molar-refractivity contribution in [2.45, 2.75) is 31.7 Å². The lowest BCUT2D eigenvalue weighted by atomic mass is 9.93. The first-order chi connectivity index (χ1) is 8.72. The Hall–Kier alpha value is -1.77. The number of rotatable bonds is 5. The number of methoxy groups -OCH3 is 1. The Morgan fingerprint density at radius 2 is 2.33 bits per heavy atom. The van der Waals surface area contributed by atoms with E-state index in [2.05, 4.69) is 11.9 Å². The molecule has 0 heterocycles. The van der Waals surface area contributed by atoms with Crippen LogP contribution in [0.3, 0.4) is 0 Å². The van der Waals surface area contributed by atoms with E-state index in [1.807, 2.05) is 18.2 Å². The second-order valence-electron chi connectivity index (χ2n) is 4.65. The van der Waals surface area contributed by atoms with Crippen molar-refractivity contribution in [1.82, 2.24) is 5.32 Å². The molecule has 3 heteroatoms. The van der Waals surface area contributed by atoms with Crippen molar-refractivity contribution in [3.8, 4) is 5.75 Å². The van der Waals surface area contributed by atoms with Crippen molar-refractivity contribution in [1.29, 1.82) is 0 Å². The van der Waals surface area contributed by atoms with Gasteiger partial charge in [-0.3, -0.25) is 4.79 Å². The highest BCUT2D eigenvalue weighted by Gasteiger charge is 2.19. The number of benzene rings is 1. The minimum Gasteiger partial charge on any atom is -0.496 e.